The lowest BCUT2D eigenvalue weighted by Gasteiger charge is -2.40. The molecule has 0 bridgehead atoms. The summed E-state index contributed by atoms with van der Waals surface area (Å²) in [7, 11) is 0. The molecule has 0 aromatic heterocycles. The van der Waals surface area contributed by atoms with Gasteiger partial charge in [-0.3, -0.25) is 0 Å². The second kappa shape index (κ2) is 6.07. The van der Waals surface area contributed by atoms with Crippen molar-refractivity contribution in [3.63, 3.8) is 0 Å². The van der Waals surface area contributed by atoms with Crippen molar-refractivity contribution in [1.82, 2.24) is 0 Å². The van der Waals surface area contributed by atoms with Crippen molar-refractivity contribution in [2.45, 2.75) is 44.6 Å². The molecule has 2 N–H and O–H groups in total. The predicted molar refractivity (Wildman–Crippen MR) is 79.8 cm³/mol. The van der Waals surface area contributed by atoms with Gasteiger partial charge in [0.05, 0.1) is 12.1 Å². The summed E-state index contributed by atoms with van der Waals surface area (Å²) in [6.45, 7) is 2.48. The van der Waals surface area contributed by atoms with Crippen LogP contribution in [0.1, 0.15) is 39.0 Å². The van der Waals surface area contributed by atoms with Gasteiger partial charge in [0, 0.05) is 10.2 Å². The molecule has 2 nitrogen and oxygen atoms in total. The van der Waals surface area contributed by atoms with Crippen LogP contribution < -0.4 is 5.32 Å². The van der Waals surface area contributed by atoms with E-state index in [4.69, 9.17) is 0 Å². The van der Waals surface area contributed by atoms with Crippen LogP contribution in [0, 0.1) is 5.92 Å². The van der Waals surface area contributed by atoms with Crippen LogP contribution in [0.25, 0.3) is 0 Å². The third kappa shape index (κ3) is 3.27. The molecule has 100 valence electrons. The molecule has 0 radical (unpaired) electrons. The van der Waals surface area contributed by atoms with Gasteiger partial charge in [-0.2, -0.15) is 0 Å². The first kappa shape index (κ1) is 13.9. The average Bonchev–Trinajstić information content (AvgIpc) is 2.42. The summed E-state index contributed by atoms with van der Waals surface area (Å²) >= 11 is 3.44. The molecule has 0 heterocycles. The summed E-state index contributed by atoms with van der Waals surface area (Å²) in [6.07, 6.45) is 5.84. The summed E-state index contributed by atoms with van der Waals surface area (Å²) in [6, 6.07) is 8.19. The maximum atomic E-state index is 9.74. The Labute approximate surface area is 118 Å². The van der Waals surface area contributed by atoms with Crippen molar-refractivity contribution >= 4 is 21.6 Å². The highest BCUT2D eigenvalue weighted by molar-refractivity contribution is 9.10. The summed E-state index contributed by atoms with van der Waals surface area (Å²) in [5.41, 5.74) is 0.988. The van der Waals surface area contributed by atoms with Crippen LogP contribution in [0.15, 0.2) is 28.7 Å². The monoisotopic (exact) mass is 311 g/mol. The van der Waals surface area contributed by atoms with Crippen LogP contribution in [0.5, 0.6) is 0 Å². The van der Waals surface area contributed by atoms with Gasteiger partial charge in [-0.1, -0.05) is 29.3 Å². The minimum atomic E-state index is -0.112. The molecule has 1 saturated carbocycles. The Balaban J connectivity index is 2.03. The molecular weight excluding hydrogens is 290 g/mol. The maximum absolute atomic E-state index is 9.74. The first-order valence-corrected chi connectivity index (χ1v) is 7.61. The zero-order valence-corrected chi connectivity index (χ0v) is 12.5. The molecule has 0 amide bonds. The van der Waals surface area contributed by atoms with E-state index in [0.717, 1.165) is 28.9 Å². The molecule has 3 heteroatoms. The lowest BCUT2D eigenvalue weighted by Crippen LogP contribution is -2.45. The largest absolute Gasteiger partial charge is 0.394 e. The average molecular weight is 312 g/mol. The standard InChI is InChI=1S/C15H22BrNO/c1-2-12-7-9-15(11-18,10-8-12)17-14-5-3-13(16)4-6-14/h3-6,12,17-18H,2,7-11H2,1H3. The van der Waals surface area contributed by atoms with Gasteiger partial charge in [-0.05, 0) is 55.9 Å². The molecule has 1 fully saturated rings. The van der Waals surface area contributed by atoms with Crippen molar-refractivity contribution in [3.05, 3.63) is 28.7 Å². The highest BCUT2D eigenvalue weighted by Crippen LogP contribution is 2.36. The van der Waals surface area contributed by atoms with Crippen molar-refractivity contribution in [2.75, 3.05) is 11.9 Å². The van der Waals surface area contributed by atoms with E-state index in [1.54, 1.807) is 0 Å². The number of hydrogen-bond donors (Lipinski definition) is 2. The summed E-state index contributed by atoms with van der Waals surface area (Å²) in [5, 5.41) is 13.3. The van der Waals surface area contributed by atoms with Crippen molar-refractivity contribution in [1.29, 1.82) is 0 Å². The highest BCUT2D eigenvalue weighted by Gasteiger charge is 2.34. The quantitative estimate of drug-likeness (QED) is 0.873. The lowest BCUT2D eigenvalue weighted by molar-refractivity contribution is 0.150. The van der Waals surface area contributed by atoms with Crippen LogP contribution in [-0.4, -0.2) is 17.3 Å². The molecule has 18 heavy (non-hydrogen) atoms. The molecule has 0 spiro atoms. The Bertz CT molecular complexity index is 369. The zero-order valence-electron chi connectivity index (χ0n) is 11.0. The number of anilines is 1. The minimum Gasteiger partial charge on any atom is -0.394 e. The maximum Gasteiger partial charge on any atom is 0.0661 e. The van der Waals surface area contributed by atoms with Crippen LogP contribution in [0.2, 0.25) is 0 Å². The SMILES string of the molecule is CCC1CCC(CO)(Nc2ccc(Br)cc2)CC1. The van der Waals surface area contributed by atoms with Crippen LogP contribution >= 0.6 is 15.9 Å². The number of aliphatic hydroxyl groups excluding tert-OH is 1. The number of benzene rings is 1. The first-order valence-electron chi connectivity index (χ1n) is 6.82. The van der Waals surface area contributed by atoms with Gasteiger partial charge < -0.3 is 10.4 Å². The van der Waals surface area contributed by atoms with Gasteiger partial charge in [0.15, 0.2) is 0 Å². The number of rotatable bonds is 4. The summed E-state index contributed by atoms with van der Waals surface area (Å²) in [4.78, 5) is 0. The fourth-order valence-corrected chi connectivity index (χ4v) is 3.06. The molecule has 1 aromatic carbocycles. The van der Waals surface area contributed by atoms with Gasteiger partial charge in [0.25, 0.3) is 0 Å². The lowest BCUT2D eigenvalue weighted by atomic mass is 9.76. The van der Waals surface area contributed by atoms with Gasteiger partial charge in [-0.25, -0.2) is 0 Å². The van der Waals surface area contributed by atoms with Crippen molar-refractivity contribution < 1.29 is 5.11 Å². The number of aliphatic hydroxyl groups is 1. The topological polar surface area (TPSA) is 32.3 Å². The molecule has 0 atom stereocenters. The normalized spacial score (nSPS) is 28.1. The molecule has 0 unspecified atom stereocenters. The van der Waals surface area contributed by atoms with Crippen molar-refractivity contribution in [3.8, 4) is 0 Å². The van der Waals surface area contributed by atoms with E-state index in [2.05, 4.69) is 40.3 Å². The predicted octanol–water partition coefficient (Wildman–Crippen LogP) is 4.19. The first-order chi connectivity index (χ1) is 8.67. The summed E-state index contributed by atoms with van der Waals surface area (Å²) in [5.74, 6) is 0.844. The Morgan fingerprint density at radius 2 is 1.89 bits per heavy atom. The second-order valence-electron chi connectivity index (χ2n) is 5.42. The van der Waals surface area contributed by atoms with Gasteiger partial charge >= 0.3 is 0 Å². The van der Waals surface area contributed by atoms with Gasteiger partial charge in [-0.15, -0.1) is 0 Å². The van der Waals surface area contributed by atoms with E-state index < -0.39 is 0 Å². The van der Waals surface area contributed by atoms with Crippen LogP contribution in [-0.2, 0) is 0 Å². The van der Waals surface area contributed by atoms with E-state index in [1.165, 1.54) is 19.3 Å². The van der Waals surface area contributed by atoms with E-state index in [1.807, 2.05) is 12.1 Å². The number of nitrogens with one attached hydrogen (secondary N) is 1. The van der Waals surface area contributed by atoms with Crippen LogP contribution in [0.3, 0.4) is 0 Å². The smallest absolute Gasteiger partial charge is 0.0661 e. The van der Waals surface area contributed by atoms with Gasteiger partial charge in [0.1, 0.15) is 0 Å². The fourth-order valence-electron chi connectivity index (χ4n) is 2.80. The van der Waals surface area contributed by atoms with E-state index in [-0.39, 0.29) is 12.1 Å². The molecule has 0 saturated heterocycles. The third-order valence-electron chi connectivity index (χ3n) is 4.20. The Morgan fingerprint density at radius 3 is 2.39 bits per heavy atom. The molecule has 2 rings (SSSR count). The van der Waals surface area contributed by atoms with Crippen LogP contribution in [0.4, 0.5) is 5.69 Å². The Hall–Kier alpha value is -0.540. The fraction of sp³-hybridized carbons (Fsp3) is 0.600. The zero-order chi connectivity index (χ0) is 13.0. The molecule has 1 aromatic rings. The molecule has 1 aliphatic carbocycles. The number of halogens is 1. The minimum absolute atomic E-state index is 0.112. The Kier molecular flexibility index (Phi) is 4.68. The molecule has 0 aliphatic heterocycles. The molecule has 1 aliphatic rings. The number of hydrogen-bond acceptors (Lipinski definition) is 2. The summed E-state index contributed by atoms with van der Waals surface area (Å²) < 4.78 is 1.08. The molecular formula is C15H22BrNO. The Morgan fingerprint density at radius 1 is 1.28 bits per heavy atom. The van der Waals surface area contributed by atoms with Crippen molar-refractivity contribution in [2.24, 2.45) is 5.92 Å². The second-order valence-corrected chi connectivity index (χ2v) is 6.34. The third-order valence-corrected chi connectivity index (χ3v) is 4.72. The highest BCUT2D eigenvalue weighted by atomic mass is 79.9. The van der Waals surface area contributed by atoms with E-state index in [9.17, 15) is 5.11 Å². The van der Waals surface area contributed by atoms with E-state index in [0.29, 0.717) is 0 Å². The van der Waals surface area contributed by atoms with Gasteiger partial charge in [0.2, 0.25) is 0 Å². The van der Waals surface area contributed by atoms with E-state index >= 15 is 0 Å².